The summed E-state index contributed by atoms with van der Waals surface area (Å²) < 4.78 is 0.803. The number of fused-ring (bicyclic) bond motifs is 3. The first-order chi connectivity index (χ1) is 10.7. The van der Waals surface area contributed by atoms with E-state index in [0.717, 1.165) is 46.2 Å². The zero-order valence-electron chi connectivity index (χ0n) is 12.9. The molecule has 1 N–H and O–H groups in total. The van der Waals surface area contributed by atoms with Crippen LogP contribution in [-0.2, 0) is 0 Å². The van der Waals surface area contributed by atoms with Crippen molar-refractivity contribution in [1.82, 2.24) is 9.88 Å². The monoisotopic (exact) mass is 312 g/mol. The Kier molecular flexibility index (Phi) is 4.41. The molecule has 0 fully saturated rings. The van der Waals surface area contributed by atoms with Crippen LogP contribution in [0.1, 0.15) is 19.4 Å². The number of thiophene rings is 1. The molecule has 114 valence electrons. The van der Waals surface area contributed by atoms with Gasteiger partial charge in [0, 0.05) is 22.8 Å². The summed E-state index contributed by atoms with van der Waals surface area (Å²) in [5, 5.41) is 4.16. The predicted octanol–water partition coefficient (Wildman–Crippen LogP) is 4.10. The number of H-pyrrole nitrogens is 1. The largest absolute Gasteiger partial charge is 0.321 e. The Bertz CT molecular complexity index is 872. The van der Waals surface area contributed by atoms with Gasteiger partial charge in [0.2, 0.25) is 0 Å². The van der Waals surface area contributed by atoms with Crippen LogP contribution in [0.25, 0.3) is 27.1 Å². The first kappa shape index (κ1) is 15.0. The second-order valence-corrected chi connectivity index (χ2v) is 6.19. The van der Waals surface area contributed by atoms with Gasteiger partial charge in [0.05, 0.1) is 0 Å². The number of rotatable bonds is 5. The van der Waals surface area contributed by atoms with E-state index in [-0.39, 0.29) is 5.56 Å². The topological polar surface area (TPSA) is 36.1 Å². The number of nitrogens with one attached hydrogen (secondary N) is 1. The van der Waals surface area contributed by atoms with E-state index in [9.17, 15) is 4.79 Å². The van der Waals surface area contributed by atoms with E-state index < -0.39 is 0 Å². The molecular formula is C18H20N2OS. The zero-order valence-corrected chi connectivity index (χ0v) is 13.7. The smallest absolute Gasteiger partial charge is 0.266 e. The molecule has 0 aliphatic rings. The average Bonchev–Trinajstić information content (AvgIpc) is 3.02. The van der Waals surface area contributed by atoms with Gasteiger partial charge in [-0.3, -0.25) is 4.79 Å². The zero-order chi connectivity index (χ0) is 15.5. The van der Waals surface area contributed by atoms with Gasteiger partial charge in [-0.15, -0.1) is 11.3 Å². The van der Waals surface area contributed by atoms with Gasteiger partial charge in [0.15, 0.2) is 0 Å². The molecule has 3 aromatic rings. The van der Waals surface area contributed by atoms with Crippen molar-refractivity contribution in [2.45, 2.75) is 13.8 Å². The Morgan fingerprint density at radius 1 is 1.23 bits per heavy atom. The fourth-order valence-corrected chi connectivity index (χ4v) is 3.58. The van der Waals surface area contributed by atoms with Crippen LogP contribution in [0, 0.1) is 0 Å². The molecule has 0 saturated heterocycles. The van der Waals surface area contributed by atoms with Crippen molar-refractivity contribution in [2.75, 3.05) is 19.6 Å². The van der Waals surface area contributed by atoms with Crippen molar-refractivity contribution in [1.29, 1.82) is 0 Å². The highest BCUT2D eigenvalue weighted by Crippen LogP contribution is 2.28. The number of hydrogen-bond acceptors (Lipinski definition) is 3. The van der Waals surface area contributed by atoms with Gasteiger partial charge in [-0.1, -0.05) is 38.1 Å². The summed E-state index contributed by atoms with van der Waals surface area (Å²) in [6.45, 7) is 7.40. The van der Waals surface area contributed by atoms with Gasteiger partial charge in [-0.2, -0.15) is 0 Å². The van der Waals surface area contributed by atoms with Crippen LogP contribution in [0.4, 0.5) is 0 Å². The first-order valence-corrected chi connectivity index (χ1v) is 8.53. The lowest BCUT2D eigenvalue weighted by atomic mass is 10.0. The van der Waals surface area contributed by atoms with Gasteiger partial charge >= 0.3 is 0 Å². The van der Waals surface area contributed by atoms with Gasteiger partial charge in [0.1, 0.15) is 4.70 Å². The lowest BCUT2D eigenvalue weighted by Crippen LogP contribution is -2.22. The van der Waals surface area contributed by atoms with Crippen LogP contribution in [0.15, 0.2) is 40.5 Å². The highest BCUT2D eigenvalue weighted by atomic mass is 32.1. The predicted molar refractivity (Wildman–Crippen MR) is 96.8 cm³/mol. The number of likely N-dealkylation sites (N-methyl/N-ethyl adjacent to an activating group) is 1. The van der Waals surface area contributed by atoms with Crippen molar-refractivity contribution in [3.63, 3.8) is 0 Å². The summed E-state index contributed by atoms with van der Waals surface area (Å²) in [6, 6.07) is 8.11. The van der Waals surface area contributed by atoms with Crippen LogP contribution in [0.2, 0.25) is 0 Å². The molecule has 0 amide bonds. The van der Waals surface area contributed by atoms with Crippen LogP contribution >= 0.6 is 11.3 Å². The maximum Gasteiger partial charge on any atom is 0.266 e. The Labute approximate surface area is 133 Å². The van der Waals surface area contributed by atoms with E-state index in [1.165, 1.54) is 11.3 Å². The summed E-state index contributed by atoms with van der Waals surface area (Å²) in [5.74, 6) is 0. The lowest BCUT2D eigenvalue weighted by Gasteiger charge is -2.14. The maximum atomic E-state index is 12.1. The molecule has 0 unspecified atom stereocenters. The lowest BCUT2D eigenvalue weighted by molar-refractivity contribution is 0.338. The molecule has 3 rings (SSSR count). The minimum atomic E-state index is 0.00164. The number of pyridine rings is 1. The molecule has 0 radical (unpaired) electrons. The van der Waals surface area contributed by atoms with Gasteiger partial charge < -0.3 is 9.88 Å². The third-order valence-electron chi connectivity index (χ3n) is 4.04. The summed E-state index contributed by atoms with van der Waals surface area (Å²) >= 11 is 1.50. The number of aromatic nitrogens is 1. The minimum Gasteiger partial charge on any atom is -0.321 e. The van der Waals surface area contributed by atoms with Crippen LogP contribution in [0.3, 0.4) is 0 Å². The van der Waals surface area contributed by atoms with E-state index in [4.69, 9.17) is 0 Å². The maximum absolute atomic E-state index is 12.1. The molecule has 22 heavy (non-hydrogen) atoms. The third-order valence-corrected chi connectivity index (χ3v) is 4.95. The minimum absolute atomic E-state index is 0.00164. The number of benzene rings is 1. The molecule has 0 saturated carbocycles. The van der Waals surface area contributed by atoms with Crippen molar-refractivity contribution in [3.05, 3.63) is 51.6 Å². The van der Waals surface area contributed by atoms with E-state index >= 15 is 0 Å². The molecule has 1 aromatic carbocycles. The number of aromatic amines is 1. The van der Waals surface area contributed by atoms with Crippen molar-refractivity contribution in [3.8, 4) is 0 Å². The second-order valence-electron chi connectivity index (χ2n) is 5.28. The van der Waals surface area contributed by atoms with Crippen molar-refractivity contribution in [2.24, 2.45) is 0 Å². The molecule has 0 aliphatic carbocycles. The first-order valence-electron chi connectivity index (χ1n) is 7.65. The Balaban J connectivity index is 2.08. The molecule has 0 aliphatic heterocycles. The third kappa shape index (κ3) is 2.72. The number of nitrogens with zero attached hydrogens (tertiary/aromatic N) is 1. The Morgan fingerprint density at radius 2 is 2.05 bits per heavy atom. The normalized spacial score (nSPS) is 12.1. The number of hydrogen-bond donors (Lipinski definition) is 1. The van der Waals surface area contributed by atoms with Crippen molar-refractivity contribution >= 4 is 38.4 Å². The van der Waals surface area contributed by atoms with Crippen LogP contribution in [0.5, 0.6) is 0 Å². The summed E-state index contributed by atoms with van der Waals surface area (Å²) in [5.41, 5.74) is 2.06. The summed E-state index contributed by atoms with van der Waals surface area (Å²) in [4.78, 5) is 17.4. The standard InChI is InChI=1S/C18H20N2OS/c1-3-20(4-2)11-6-8-13-7-5-9-15-16(13)14-10-12-22-17(14)18(21)19-15/h5-10,12H,3-4,11H2,1-2H3,(H,19,21)/b8-6+. The molecule has 2 aromatic heterocycles. The Morgan fingerprint density at radius 3 is 2.82 bits per heavy atom. The molecular weight excluding hydrogens is 292 g/mol. The molecule has 0 atom stereocenters. The molecule has 3 nitrogen and oxygen atoms in total. The fraction of sp³-hybridized carbons (Fsp3) is 0.278. The van der Waals surface area contributed by atoms with Gasteiger partial charge in [0.25, 0.3) is 5.56 Å². The SMILES string of the molecule is CCN(CC)C/C=C/c1cccc2[nH]c(=O)c3sccc3c12. The van der Waals surface area contributed by atoms with Crippen molar-refractivity contribution < 1.29 is 0 Å². The highest BCUT2D eigenvalue weighted by Gasteiger charge is 2.08. The van der Waals surface area contributed by atoms with E-state index in [1.807, 2.05) is 23.6 Å². The van der Waals surface area contributed by atoms with E-state index in [1.54, 1.807) is 0 Å². The fourth-order valence-electron chi connectivity index (χ4n) is 2.79. The second kappa shape index (κ2) is 6.46. The molecule has 2 heterocycles. The van der Waals surface area contributed by atoms with E-state index in [0.29, 0.717) is 0 Å². The molecule has 0 spiro atoms. The summed E-state index contributed by atoms with van der Waals surface area (Å²) in [7, 11) is 0. The molecule has 0 bridgehead atoms. The summed E-state index contributed by atoms with van der Waals surface area (Å²) in [6.07, 6.45) is 4.36. The van der Waals surface area contributed by atoms with Gasteiger partial charge in [-0.25, -0.2) is 0 Å². The average molecular weight is 312 g/mol. The Hall–Kier alpha value is -1.91. The van der Waals surface area contributed by atoms with Gasteiger partial charge in [-0.05, 0) is 36.2 Å². The van der Waals surface area contributed by atoms with Crippen LogP contribution in [-0.4, -0.2) is 29.5 Å². The quantitative estimate of drug-likeness (QED) is 0.770. The highest BCUT2D eigenvalue weighted by molar-refractivity contribution is 7.17. The van der Waals surface area contributed by atoms with Crippen LogP contribution < -0.4 is 5.56 Å². The molecule has 4 heteroatoms. The van der Waals surface area contributed by atoms with E-state index in [2.05, 4.69) is 41.9 Å².